The molecule has 0 spiro atoms. The number of hydrogen-bond acceptors (Lipinski definition) is 3. The van der Waals surface area contributed by atoms with Crippen LogP contribution in [0.2, 0.25) is 0 Å². The fourth-order valence-corrected chi connectivity index (χ4v) is 3.08. The minimum Gasteiger partial charge on any atom is -0.494 e. The molecule has 0 aliphatic carbocycles. The van der Waals surface area contributed by atoms with Gasteiger partial charge >= 0.3 is 0 Å². The zero-order valence-electron chi connectivity index (χ0n) is 13.9. The lowest BCUT2D eigenvalue weighted by Gasteiger charge is -2.17. The lowest BCUT2D eigenvalue weighted by molar-refractivity contribution is 0.411. The number of aromatic nitrogens is 2. The molecule has 22 heavy (non-hydrogen) atoms. The van der Waals surface area contributed by atoms with Gasteiger partial charge in [0.25, 0.3) is 0 Å². The molecule has 118 valence electrons. The molecule has 1 aliphatic rings. The standard InChI is InChI=1S/C18H25N3O/c1-18(2,3)16-13-9-7-8-12-19-17(13)21(20-16)14-10-5-6-11-15(14)22-4/h5-6,10-11,19H,7-9,12H2,1-4H3. The minimum atomic E-state index is 0.0311. The Balaban J connectivity index is 2.22. The predicted octanol–water partition coefficient (Wildman–Crippen LogP) is 3.93. The maximum absolute atomic E-state index is 5.53. The fraction of sp³-hybridized carbons (Fsp3) is 0.500. The van der Waals surface area contributed by atoms with E-state index in [-0.39, 0.29) is 5.41 Å². The molecule has 0 radical (unpaired) electrons. The molecule has 2 aromatic rings. The first-order valence-corrected chi connectivity index (χ1v) is 8.02. The molecule has 0 bridgehead atoms. The maximum atomic E-state index is 5.53. The second kappa shape index (κ2) is 5.67. The van der Waals surface area contributed by atoms with Crippen LogP contribution < -0.4 is 10.1 Å². The Morgan fingerprint density at radius 1 is 1.18 bits per heavy atom. The van der Waals surface area contributed by atoms with Crippen LogP contribution in [0.25, 0.3) is 5.69 Å². The summed E-state index contributed by atoms with van der Waals surface area (Å²) >= 11 is 0. The molecule has 1 N–H and O–H groups in total. The second-order valence-corrected chi connectivity index (χ2v) is 6.89. The first kappa shape index (κ1) is 14.9. The fourth-order valence-electron chi connectivity index (χ4n) is 3.08. The summed E-state index contributed by atoms with van der Waals surface area (Å²) < 4.78 is 7.56. The van der Waals surface area contributed by atoms with Gasteiger partial charge in [0.2, 0.25) is 0 Å². The zero-order valence-corrected chi connectivity index (χ0v) is 13.9. The molecule has 0 saturated heterocycles. The minimum absolute atomic E-state index is 0.0311. The Kier molecular flexibility index (Phi) is 3.85. The first-order valence-electron chi connectivity index (χ1n) is 8.02. The number of nitrogens with one attached hydrogen (secondary N) is 1. The molecule has 0 saturated carbocycles. The van der Waals surface area contributed by atoms with Crippen LogP contribution in [-0.4, -0.2) is 23.4 Å². The molecule has 1 aromatic carbocycles. The third-order valence-corrected chi connectivity index (χ3v) is 4.15. The quantitative estimate of drug-likeness (QED) is 0.913. The predicted molar refractivity (Wildman–Crippen MR) is 90.2 cm³/mol. The molecule has 4 heteroatoms. The smallest absolute Gasteiger partial charge is 0.144 e. The van der Waals surface area contributed by atoms with E-state index in [4.69, 9.17) is 9.84 Å². The van der Waals surface area contributed by atoms with Crippen LogP contribution in [0.3, 0.4) is 0 Å². The highest BCUT2D eigenvalue weighted by atomic mass is 16.5. The van der Waals surface area contributed by atoms with Gasteiger partial charge in [-0.1, -0.05) is 32.9 Å². The molecule has 1 aromatic heterocycles. The van der Waals surface area contributed by atoms with Crippen LogP contribution in [0.4, 0.5) is 5.82 Å². The van der Waals surface area contributed by atoms with E-state index in [2.05, 4.69) is 32.2 Å². The number of anilines is 1. The molecule has 0 unspecified atom stereocenters. The van der Waals surface area contributed by atoms with Gasteiger partial charge < -0.3 is 10.1 Å². The third-order valence-electron chi connectivity index (χ3n) is 4.15. The van der Waals surface area contributed by atoms with Crippen molar-refractivity contribution in [1.29, 1.82) is 0 Å². The Hall–Kier alpha value is -1.97. The lowest BCUT2D eigenvalue weighted by atomic mass is 9.88. The number of para-hydroxylation sites is 2. The van der Waals surface area contributed by atoms with Gasteiger partial charge in [0.1, 0.15) is 17.3 Å². The summed E-state index contributed by atoms with van der Waals surface area (Å²) in [5.74, 6) is 1.98. The summed E-state index contributed by atoms with van der Waals surface area (Å²) in [7, 11) is 1.71. The average molecular weight is 299 g/mol. The number of nitrogens with zero attached hydrogens (tertiary/aromatic N) is 2. The Bertz CT molecular complexity index is 667. The van der Waals surface area contributed by atoms with E-state index in [1.807, 2.05) is 22.9 Å². The van der Waals surface area contributed by atoms with Gasteiger partial charge in [-0.3, -0.25) is 0 Å². The van der Waals surface area contributed by atoms with Crippen molar-refractivity contribution in [3.05, 3.63) is 35.5 Å². The van der Waals surface area contributed by atoms with E-state index in [0.29, 0.717) is 0 Å². The summed E-state index contributed by atoms with van der Waals surface area (Å²) in [6.45, 7) is 7.69. The second-order valence-electron chi connectivity index (χ2n) is 6.89. The first-order chi connectivity index (χ1) is 10.5. The number of hydrogen-bond donors (Lipinski definition) is 1. The van der Waals surface area contributed by atoms with Crippen molar-refractivity contribution < 1.29 is 4.74 Å². The van der Waals surface area contributed by atoms with E-state index < -0.39 is 0 Å². The molecular weight excluding hydrogens is 274 g/mol. The van der Waals surface area contributed by atoms with Crippen molar-refractivity contribution in [1.82, 2.24) is 9.78 Å². The van der Waals surface area contributed by atoms with Crippen LogP contribution in [0.1, 0.15) is 44.9 Å². The van der Waals surface area contributed by atoms with Crippen molar-refractivity contribution >= 4 is 5.82 Å². The van der Waals surface area contributed by atoms with Crippen LogP contribution >= 0.6 is 0 Å². The highest BCUT2D eigenvalue weighted by molar-refractivity contribution is 5.58. The molecule has 0 atom stereocenters. The number of rotatable bonds is 2. The summed E-state index contributed by atoms with van der Waals surface area (Å²) in [5.41, 5.74) is 3.56. The maximum Gasteiger partial charge on any atom is 0.144 e. The number of benzene rings is 1. The van der Waals surface area contributed by atoms with E-state index in [9.17, 15) is 0 Å². The molecule has 0 fully saturated rings. The molecule has 0 amide bonds. The van der Waals surface area contributed by atoms with Gasteiger partial charge in [-0.25, -0.2) is 4.68 Å². The summed E-state index contributed by atoms with van der Waals surface area (Å²) in [6.07, 6.45) is 3.50. The normalized spacial score (nSPS) is 14.9. The van der Waals surface area contributed by atoms with Crippen LogP contribution in [-0.2, 0) is 11.8 Å². The van der Waals surface area contributed by atoms with E-state index in [1.165, 1.54) is 24.1 Å². The SMILES string of the molecule is COc1ccccc1-n1nc(C(C)(C)C)c2c1NCCCC2. The summed E-state index contributed by atoms with van der Waals surface area (Å²) in [5, 5.41) is 8.54. The number of methoxy groups -OCH3 is 1. The zero-order chi connectivity index (χ0) is 15.7. The topological polar surface area (TPSA) is 39.1 Å². The molecular formula is C18H25N3O. The van der Waals surface area contributed by atoms with Crippen molar-refractivity contribution in [2.45, 2.75) is 45.4 Å². The number of fused-ring (bicyclic) bond motifs is 1. The van der Waals surface area contributed by atoms with Crippen molar-refractivity contribution in [2.24, 2.45) is 0 Å². The van der Waals surface area contributed by atoms with Gasteiger partial charge in [-0.15, -0.1) is 0 Å². The summed E-state index contributed by atoms with van der Waals surface area (Å²) in [6, 6.07) is 8.06. The monoisotopic (exact) mass is 299 g/mol. The molecule has 1 aliphatic heterocycles. The van der Waals surface area contributed by atoms with E-state index in [0.717, 1.165) is 30.2 Å². The van der Waals surface area contributed by atoms with Crippen molar-refractivity contribution in [3.8, 4) is 11.4 Å². The molecule has 2 heterocycles. The average Bonchev–Trinajstić information content (AvgIpc) is 2.69. The van der Waals surface area contributed by atoms with E-state index in [1.54, 1.807) is 7.11 Å². The number of ether oxygens (including phenoxy) is 1. The van der Waals surface area contributed by atoms with Crippen LogP contribution in [0.5, 0.6) is 5.75 Å². The van der Waals surface area contributed by atoms with Gasteiger partial charge in [-0.05, 0) is 31.4 Å². The van der Waals surface area contributed by atoms with Crippen molar-refractivity contribution in [3.63, 3.8) is 0 Å². The molecule has 4 nitrogen and oxygen atoms in total. The summed E-state index contributed by atoms with van der Waals surface area (Å²) in [4.78, 5) is 0. The highest BCUT2D eigenvalue weighted by Crippen LogP contribution is 2.36. The Labute approximate surface area is 132 Å². The van der Waals surface area contributed by atoms with Gasteiger partial charge in [0, 0.05) is 17.5 Å². The Morgan fingerprint density at radius 3 is 2.68 bits per heavy atom. The Morgan fingerprint density at radius 2 is 1.95 bits per heavy atom. The van der Waals surface area contributed by atoms with Gasteiger partial charge in [0.15, 0.2) is 0 Å². The van der Waals surface area contributed by atoms with Gasteiger partial charge in [0.05, 0.1) is 12.8 Å². The third kappa shape index (κ3) is 2.58. The largest absolute Gasteiger partial charge is 0.494 e. The van der Waals surface area contributed by atoms with Crippen molar-refractivity contribution in [2.75, 3.05) is 19.0 Å². The molecule has 3 rings (SSSR count). The van der Waals surface area contributed by atoms with E-state index >= 15 is 0 Å². The van der Waals surface area contributed by atoms with Gasteiger partial charge in [-0.2, -0.15) is 5.10 Å². The highest BCUT2D eigenvalue weighted by Gasteiger charge is 2.28. The lowest BCUT2D eigenvalue weighted by Crippen LogP contribution is -2.15. The van der Waals surface area contributed by atoms with Crippen LogP contribution in [0.15, 0.2) is 24.3 Å². The van der Waals surface area contributed by atoms with Crippen LogP contribution in [0, 0.1) is 0 Å².